The molecule has 1 aliphatic heterocycles. The van der Waals surface area contributed by atoms with E-state index < -0.39 is 17.5 Å². The molecule has 0 radical (unpaired) electrons. The van der Waals surface area contributed by atoms with Gasteiger partial charge in [-0.05, 0) is 30.7 Å². The number of rotatable bonds is 6. The summed E-state index contributed by atoms with van der Waals surface area (Å²) in [6.07, 6.45) is -0.153. The van der Waals surface area contributed by atoms with Crippen LogP contribution in [0, 0.1) is 5.82 Å². The standard InChI is InChI=1S/C31H27FN2O2/c1-31(21-36-28(30(35)34-31)19-22-11-5-2-6-12-22)26-20-25(17-18-27(26)32)33-29(23-13-7-3-8-14-23)24-15-9-4-10-16-24/h2-18,20,28H,19,21H2,1H3,(H,34,35). The third-order valence-electron chi connectivity index (χ3n) is 6.41. The van der Waals surface area contributed by atoms with Crippen LogP contribution < -0.4 is 5.32 Å². The molecule has 2 unspecified atom stereocenters. The summed E-state index contributed by atoms with van der Waals surface area (Å²) in [7, 11) is 0. The van der Waals surface area contributed by atoms with E-state index in [1.54, 1.807) is 19.1 Å². The molecule has 1 amide bonds. The molecule has 36 heavy (non-hydrogen) atoms. The Morgan fingerprint density at radius 2 is 1.50 bits per heavy atom. The molecule has 0 aliphatic carbocycles. The largest absolute Gasteiger partial charge is 0.365 e. The molecule has 1 aliphatic rings. The number of aliphatic imine (C=N–C) groups is 1. The van der Waals surface area contributed by atoms with E-state index >= 15 is 4.39 Å². The van der Waals surface area contributed by atoms with E-state index in [1.165, 1.54) is 6.07 Å². The summed E-state index contributed by atoms with van der Waals surface area (Å²) in [6, 6.07) is 34.2. The van der Waals surface area contributed by atoms with Crippen LogP contribution in [-0.4, -0.2) is 24.3 Å². The monoisotopic (exact) mass is 478 g/mol. The molecule has 4 aromatic carbocycles. The van der Waals surface area contributed by atoms with Gasteiger partial charge in [0.25, 0.3) is 0 Å². The lowest BCUT2D eigenvalue weighted by atomic mass is 9.89. The molecule has 5 heteroatoms. The predicted octanol–water partition coefficient (Wildman–Crippen LogP) is 5.97. The number of ether oxygens (including phenoxy) is 1. The molecule has 1 heterocycles. The highest BCUT2D eigenvalue weighted by Crippen LogP contribution is 2.32. The van der Waals surface area contributed by atoms with Crippen molar-refractivity contribution >= 4 is 17.3 Å². The molecule has 0 spiro atoms. The van der Waals surface area contributed by atoms with Gasteiger partial charge in [0.15, 0.2) is 0 Å². The molecule has 2 atom stereocenters. The van der Waals surface area contributed by atoms with E-state index in [0.29, 0.717) is 17.7 Å². The molecule has 4 nitrogen and oxygen atoms in total. The highest BCUT2D eigenvalue weighted by molar-refractivity contribution is 6.13. The van der Waals surface area contributed by atoms with Crippen molar-refractivity contribution in [3.8, 4) is 0 Å². The number of hydrogen-bond acceptors (Lipinski definition) is 3. The SMILES string of the molecule is CC1(c2cc(N=C(c3ccccc3)c3ccccc3)ccc2F)COC(Cc2ccccc2)C(=O)N1. The minimum absolute atomic E-state index is 0.157. The van der Waals surface area contributed by atoms with Crippen LogP contribution in [0.15, 0.2) is 114 Å². The van der Waals surface area contributed by atoms with Crippen molar-refractivity contribution in [3.05, 3.63) is 137 Å². The van der Waals surface area contributed by atoms with E-state index in [2.05, 4.69) is 5.32 Å². The van der Waals surface area contributed by atoms with E-state index in [1.807, 2.05) is 91.0 Å². The van der Waals surface area contributed by atoms with Gasteiger partial charge in [-0.3, -0.25) is 4.79 Å². The summed E-state index contributed by atoms with van der Waals surface area (Å²) in [5, 5.41) is 3.01. The van der Waals surface area contributed by atoms with Crippen LogP contribution >= 0.6 is 0 Å². The van der Waals surface area contributed by atoms with Gasteiger partial charge in [-0.25, -0.2) is 9.38 Å². The minimum Gasteiger partial charge on any atom is -0.365 e. The highest BCUT2D eigenvalue weighted by atomic mass is 19.1. The van der Waals surface area contributed by atoms with E-state index in [4.69, 9.17) is 9.73 Å². The zero-order chi connectivity index (χ0) is 25.0. The van der Waals surface area contributed by atoms with Crippen molar-refractivity contribution in [2.45, 2.75) is 25.0 Å². The van der Waals surface area contributed by atoms with E-state index in [0.717, 1.165) is 22.4 Å². The molecular weight excluding hydrogens is 451 g/mol. The topological polar surface area (TPSA) is 50.7 Å². The number of halogens is 1. The quantitative estimate of drug-likeness (QED) is 0.347. The fraction of sp³-hybridized carbons (Fsp3) is 0.161. The first-order valence-corrected chi connectivity index (χ1v) is 12.0. The lowest BCUT2D eigenvalue weighted by molar-refractivity contribution is -0.145. The average Bonchev–Trinajstić information content (AvgIpc) is 2.91. The van der Waals surface area contributed by atoms with Crippen LogP contribution in [0.3, 0.4) is 0 Å². The first kappa shape index (κ1) is 23.6. The number of benzene rings is 4. The highest BCUT2D eigenvalue weighted by Gasteiger charge is 2.40. The number of carbonyl (C=O) groups is 1. The second-order valence-corrected chi connectivity index (χ2v) is 9.17. The summed E-state index contributed by atoms with van der Waals surface area (Å²) in [5.74, 6) is -0.669. The van der Waals surface area contributed by atoms with Crippen LogP contribution in [0.2, 0.25) is 0 Å². The van der Waals surface area contributed by atoms with Crippen molar-refractivity contribution < 1.29 is 13.9 Å². The third-order valence-corrected chi connectivity index (χ3v) is 6.41. The number of nitrogens with one attached hydrogen (secondary N) is 1. The van der Waals surface area contributed by atoms with Crippen LogP contribution in [0.1, 0.15) is 29.2 Å². The Morgan fingerprint density at radius 3 is 2.08 bits per heavy atom. The Kier molecular flexibility index (Phi) is 6.74. The molecule has 0 bridgehead atoms. The summed E-state index contributed by atoms with van der Waals surface area (Å²) in [6.45, 7) is 1.94. The molecule has 5 rings (SSSR count). The van der Waals surface area contributed by atoms with Crippen LogP contribution in [0.5, 0.6) is 0 Å². The zero-order valence-corrected chi connectivity index (χ0v) is 20.0. The van der Waals surface area contributed by atoms with Gasteiger partial charge in [0, 0.05) is 23.1 Å². The summed E-state index contributed by atoms with van der Waals surface area (Å²) in [5.41, 5.74) is 3.63. The first-order valence-electron chi connectivity index (χ1n) is 12.0. The predicted molar refractivity (Wildman–Crippen MR) is 140 cm³/mol. The van der Waals surface area contributed by atoms with Gasteiger partial charge < -0.3 is 10.1 Å². The summed E-state index contributed by atoms with van der Waals surface area (Å²) < 4.78 is 21.1. The minimum atomic E-state index is -1.01. The smallest absolute Gasteiger partial charge is 0.250 e. The Hall–Kier alpha value is -4.09. The van der Waals surface area contributed by atoms with E-state index in [9.17, 15) is 4.79 Å². The second kappa shape index (κ2) is 10.3. The van der Waals surface area contributed by atoms with Crippen molar-refractivity contribution in [1.82, 2.24) is 5.32 Å². The maximum atomic E-state index is 15.1. The Labute approximate surface area is 210 Å². The number of carbonyl (C=O) groups excluding carboxylic acids is 1. The molecule has 1 saturated heterocycles. The zero-order valence-electron chi connectivity index (χ0n) is 20.0. The molecule has 0 aromatic heterocycles. The van der Waals surface area contributed by atoms with Crippen molar-refractivity contribution in [3.63, 3.8) is 0 Å². The Morgan fingerprint density at radius 1 is 0.917 bits per heavy atom. The lowest BCUT2D eigenvalue weighted by Crippen LogP contribution is -2.57. The molecular formula is C31H27FN2O2. The number of morpholine rings is 1. The number of hydrogen-bond donors (Lipinski definition) is 1. The number of nitrogens with zero attached hydrogens (tertiary/aromatic N) is 1. The van der Waals surface area contributed by atoms with Gasteiger partial charge >= 0.3 is 0 Å². The maximum absolute atomic E-state index is 15.1. The second-order valence-electron chi connectivity index (χ2n) is 9.17. The van der Waals surface area contributed by atoms with Crippen LogP contribution in [0.4, 0.5) is 10.1 Å². The van der Waals surface area contributed by atoms with Gasteiger partial charge in [0.2, 0.25) is 5.91 Å². The van der Waals surface area contributed by atoms with Gasteiger partial charge in [-0.2, -0.15) is 0 Å². The van der Waals surface area contributed by atoms with Crippen molar-refractivity contribution in [2.75, 3.05) is 6.61 Å². The maximum Gasteiger partial charge on any atom is 0.250 e. The molecule has 180 valence electrons. The molecule has 0 saturated carbocycles. The molecule has 1 N–H and O–H groups in total. The average molecular weight is 479 g/mol. The fourth-order valence-electron chi connectivity index (χ4n) is 4.48. The third kappa shape index (κ3) is 5.11. The van der Waals surface area contributed by atoms with Gasteiger partial charge in [-0.1, -0.05) is 91.0 Å². The Bertz CT molecular complexity index is 1330. The number of amides is 1. The summed E-state index contributed by atoms with van der Waals surface area (Å²) >= 11 is 0. The van der Waals surface area contributed by atoms with Gasteiger partial charge in [-0.15, -0.1) is 0 Å². The lowest BCUT2D eigenvalue weighted by Gasteiger charge is -2.38. The molecule has 4 aromatic rings. The van der Waals surface area contributed by atoms with Gasteiger partial charge in [0.1, 0.15) is 11.9 Å². The Balaban J connectivity index is 1.45. The molecule has 1 fully saturated rings. The van der Waals surface area contributed by atoms with Crippen LogP contribution in [0.25, 0.3) is 0 Å². The van der Waals surface area contributed by atoms with Crippen LogP contribution in [-0.2, 0) is 21.5 Å². The van der Waals surface area contributed by atoms with E-state index in [-0.39, 0.29) is 12.5 Å². The normalized spacial score (nSPS) is 19.4. The van der Waals surface area contributed by atoms with Crippen molar-refractivity contribution in [2.24, 2.45) is 4.99 Å². The summed E-state index contributed by atoms with van der Waals surface area (Å²) in [4.78, 5) is 17.9. The fourth-order valence-corrected chi connectivity index (χ4v) is 4.48. The first-order chi connectivity index (χ1) is 17.5. The van der Waals surface area contributed by atoms with Crippen molar-refractivity contribution in [1.29, 1.82) is 0 Å². The van der Waals surface area contributed by atoms with Gasteiger partial charge in [0.05, 0.1) is 23.5 Å².